The summed E-state index contributed by atoms with van der Waals surface area (Å²) in [5, 5.41) is 3.66. The van der Waals surface area contributed by atoms with Crippen LogP contribution in [-0.2, 0) is 0 Å². The Morgan fingerprint density at radius 3 is 2.38 bits per heavy atom. The van der Waals surface area contributed by atoms with Gasteiger partial charge in [-0.15, -0.1) is 0 Å². The highest BCUT2D eigenvalue weighted by Crippen LogP contribution is 2.34. The van der Waals surface area contributed by atoms with Crippen molar-refractivity contribution >= 4 is 17.3 Å². The molecule has 5 heteroatoms. The van der Waals surface area contributed by atoms with Crippen molar-refractivity contribution in [2.24, 2.45) is 11.8 Å². The molecule has 2 nitrogen and oxygen atoms in total. The van der Waals surface area contributed by atoms with E-state index in [1.165, 1.54) is 6.07 Å². The molecule has 1 aromatic carbocycles. The Kier molecular flexibility index (Phi) is 5.10. The summed E-state index contributed by atoms with van der Waals surface area (Å²) in [6.07, 6.45) is 0. The van der Waals surface area contributed by atoms with Crippen molar-refractivity contribution in [1.82, 2.24) is 5.32 Å². The highest BCUT2D eigenvalue weighted by Gasteiger charge is 2.33. The smallest absolute Gasteiger partial charge is 0.150 e. The second-order valence-corrected chi connectivity index (χ2v) is 6.85. The van der Waals surface area contributed by atoms with E-state index >= 15 is 0 Å². The van der Waals surface area contributed by atoms with Crippen LogP contribution in [0.4, 0.5) is 14.5 Å². The average Bonchev–Trinajstić information content (AvgIpc) is 2.36. The van der Waals surface area contributed by atoms with Crippen LogP contribution in [0.3, 0.4) is 0 Å². The van der Waals surface area contributed by atoms with Crippen molar-refractivity contribution in [3.05, 3.63) is 28.8 Å². The number of anilines is 1. The first-order valence-corrected chi connectivity index (χ1v) is 7.83. The van der Waals surface area contributed by atoms with Crippen LogP contribution in [0.1, 0.15) is 27.7 Å². The maximum Gasteiger partial charge on any atom is 0.150 e. The minimum Gasteiger partial charge on any atom is -0.362 e. The molecule has 1 aromatic rings. The number of piperazine rings is 1. The van der Waals surface area contributed by atoms with E-state index in [2.05, 4.69) is 33.0 Å². The van der Waals surface area contributed by atoms with Crippen LogP contribution in [0, 0.1) is 23.5 Å². The van der Waals surface area contributed by atoms with E-state index in [9.17, 15) is 8.78 Å². The first-order valence-electron chi connectivity index (χ1n) is 7.45. The highest BCUT2D eigenvalue weighted by atomic mass is 35.5. The molecular formula is C16H23ClF2N2. The lowest BCUT2D eigenvalue weighted by molar-refractivity contribution is 0.293. The fraction of sp³-hybridized carbons (Fsp3) is 0.625. The largest absolute Gasteiger partial charge is 0.362 e. The summed E-state index contributed by atoms with van der Waals surface area (Å²) >= 11 is 6.12. The number of hydrogen-bond acceptors (Lipinski definition) is 2. The Labute approximate surface area is 130 Å². The number of nitrogens with one attached hydrogen (secondary N) is 1. The molecule has 2 rings (SSSR count). The first-order chi connectivity index (χ1) is 9.81. The van der Waals surface area contributed by atoms with Crippen LogP contribution >= 0.6 is 11.6 Å². The zero-order valence-electron chi connectivity index (χ0n) is 13.0. The van der Waals surface area contributed by atoms with Gasteiger partial charge in [0.25, 0.3) is 0 Å². The van der Waals surface area contributed by atoms with Gasteiger partial charge in [0.15, 0.2) is 5.82 Å². The summed E-state index contributed by atoms with van der Waals surface area (Å²) in [6, 6.07) is 2.49. The molecule has 0 saturated carbocycles. The number of halogens is 3. The van der Waals surface area contributed by atoms with Crippen molar-refractivity contribution in [3.63, 3.8) is 0 Å². The van der Waals surface area contributed by atoms with Gasteiger partial charge in [-0.3, -0.25) is 0 Å². The molecule has 0 radical (unpaired) electrons. The molecule has 0 amide bonds. The van der Waals surface area contributed by atoms with Gasteiger partial charge in [0.2, 0.25) is 0 Å². The Morgan fingerprint density at radius 1 is 1.19 bits per heavy atom. The van der Waals surface area contributed by atoms with Gasteiger partial charge < -0.3 is 10.2 Å². The lowest BCUT2D eigenvalue weighted by Gasteiger charge is -2.45. The molecule has 0 aliphatic carbocycles. The molecule has 0 aromatic heterocycles. The molecule has 2 unspecified atom stereocenters. The van der Waals surface area contributed by atoms with Crippen LogP contribution in [-0.4, -0.2) is 25.2 Å². The first kappa shape index (κ1) is 16.5. The predicted molar refractivity (Wildman–Crippen MR) is 84.0 cm³/mol. The fourth-order valence-corrected chi connectivity index (χ4v) is 3.21. The van der Waals surface area contributed by atoms with Crippen LogP contribution in [0.5, 0.6) is 0 Å². The zero-order chi connectivity index (χ0) is 15.7. The van der Waals surface area contributed by atoms with E-state index in [1.54, 1.807) is 0 Å². The molecular weight excluding hydrogens is 294 g/mol. The number of benzene rings is 1. The lowest BCUT2D eigenvalue weighted by Crippen LogP contribution is -2.60. The van der Waals surface area contributed by atoms with Gasteiger partial charge >= 0.3 is 0 Å². The Morgan fingerprint density at radius 2 is 1.86 bits per heavy atom. The molecule has 0 spiro atoms. The third-order valence-corrected chi connectivity index (χ3v) is 4.51. The molecule has 21 heavy (non-hydrogen) atoms. The molecule has 1 saturated heterocycles. The zero-order valence-corrected chi connectivity index (χ0v) is 13.7. The van der Waals surface area contributed by atoms with E-state index < -0.39 is 11.6 Å². The van der Waals surface area contributed by atoms with Gasteiger partial charge in [-0.05, 0) is 17.9 Å². The van der Waals surface area contributed by atoms with Crippen molar-refractivity contribution in [2.75, 3.05) is 18.0 Å². The van der Waals surface area contributed by atoms with Crippen molar-refractivity contribution in [1.29, 1.82) is 0 Å². The van der Waals surface area contributed by atoms with Gasteiger partial charge in [0.05, 0.1) is 10.7 Å². The summed E-state index contributed by atoms with van der Waals surface area (Å²) in [5.74, 6) is -0.457. The van der Waals surface area contributed by atoms with Crippen LogP contribution < -0.4 is 10.2 Å². The average molecular weight is 317 g/mol. The maximum absolute atomic E-state index is 14.3. The van der Waals surface area contributed by atoms with Gasteiger partial charge in [0.1, 0.15) is 5.82 Å². The molecule has 0 bridgehead atoms. The van der Waals surface area contributed by atoms with Gasteiger partial charge in [-0.1, -0.05) is 39.3 Å². The Bertz CT molecular complexity index is 482. The normalized spacial score (nSPS) is 23.2. The summed E-state index contributed by atoms with van der Waals surface area (Å²) in [4.78, 5) is 2.00. The lowest BCUT2D eigenvalue weighted by atomic mass is 9.93. The van der Waals surface area contributed by atoms with Crippen molar-refractivity contribution in [3.8, 4) is 0 Å². The summed E-state index contributed by atoms with van der Waals surface area (Å²) < 4.78 is 27.6. The molecule has 1 N–H and O–H groups in total. The minimum atomic E-state index is -0.641. The molecule has 2 atom stereocenters. The Hall–Kier alpha value is -0.870. The summed E-state index contributed by atoms with van der Waals surface area (Å²) in [7, 11) is 0. The molecule has 1 aliphatic rings. The van der Waals surface area contributed by atoms with Crippen LogP contribution in [0.2, 0.25) is 5.02 Å². The molecule has 1 aliphatic heterocycles. The highest BCUT2D eigenvalue weighted by molar-refractivity contribution is 6.33. The van der Waals surface area contributed by atoms with E-state index in [0.717, 1.165) is 12.6 Å². The third kappa shape index (κ3) is 3.49. The molecule has 1 fully saturated rings. The monoisotopic (exact) mass is 316 g/mol. The topological polar surface area (TPSA) is 15.3 Å². The van der Waals surface area contributed by atoms with E-state index in [4.69, 9.17) is 11.6 Å². The van der Waals surface area contributed by atoms with E-state index in [-0.39, 0.29) is 17.1 Å². The van der Waals surface area contributed by atoms with Gasteiger partial charge in [-0.2, -0.15) is 0 Å². The number of nitrogens with zero attached hydrogens (tertiary/aromatic N) is 1. The van der Waals surface area contributed by atoms with Crippen LogP contribution in [0.15, 0.2) is 12.1 Å². The summed E-state index contributed by atoms with van der Waals surface area (Å²) in [5.41, 5.74) is 0.323. The minimum absolute atomic E-state index is 0.137. The maximum atomic E-state index is 14.3. The van der Waals surface area contributed by atoms with Crippen LogP contribution in [0.25, 0.3) is 0 Å². The second-order valence-electron chi connectivity index (χ2n) is 6.44. The number of rotatable bonds is 3. The fourth-order valence-electron chi connectivity index (χ4n) is 2.90. The SMILES string of the molecule is CC(C)C1CN(c2c(F)cc(F)cc2Cl)C(C(C)C)CN1. The van der Waals surface area contributed by atoms with Crippen molar-refractivity contribution in [2.45, 2.75) is 39.8 Å². The van der Waals surface area contributed by atoms with Gasteiger partial charge in [0, 0.05) is 31.2 Å². The van der Waals surface area contributed by atoms with E-state index in [0.29, 0.717) is 24.1 Å². The Balaban J connectivity index is 2.40. The molecule has 1 heterocycles. The summed E-state index contributed by atoms with van der Waals surface area (Å²) in [6.45, 7) is 9.91. The van der Waals surface area contributed by atoms with E-state index in [1.807, 2.05) is 4.90 Å². The second kappa shape index (κ2) is 6.49. The standard InChI is InChI=1S/C16H23ClF2N2/c1-9(2)14-8-21(15(7-20-14)10(3)4)16-12(17)5-11(18)6-13(16)19/h5-6,9-10,14-15,20H,7-8H2,1-4H3. The third-order valence-electron chi connectivity index (χ3n) is 4.23. The quantitative estimate of drug-likeness (QED) is 0.904. The van der Waals surface area contributed by atoms with Crippen molar-refractivity contribution < 1.29 is 8.78 Å². The molecule has 118 valence electrons. The number of hydrogen-bond donors (Lipinski definition) is 1. The van der Waals surface area contributed by atoms with Gasteiger partial charge in [-0.25, -0.2) is 8.78 Å². The predicted octanol–water partition coefficient (Wildman–Crippen LogP) is 4.08.